The molecule has 1 aliphatic carbocycles. The summed E-state index contributed by atoms with van der Waals surface area (Å²) in [6.07, 6.45) is 10.8. The minimum absolute atomic E-state index is 0.00782. The Morgan fingerprint density at radius 1 is 1.24 bits per heavy atom. The lowest BCUT2D eigenvalue weighted by Gasteiger charge is -2.24. The Hall–Kier alpha value is -0.880. The normalized spacial score (nSPS) is 19.9. The molecule has 1 heterocycles. The highest BCUT2D eigenvalue weighted by Crippen LogP contribution is 2.21. The van der Waals surface area contributed by atoms with Gasteiger partial charge in [0.2, 0.25) is 15.9 Å². The molecule has 120 valence electrons. The van der Waals surface area contributed by atoms with Gasteiger partial charge in [-0.05, 0) is 44.9 Å². The van der Waals surface area contributed by atoms with Crippen molar-refractivity contribution in [3.05, 3.63) is 11.6 Å². The van der Waals surface area contributed by atoms with Gasteiger partial charge in [-0.25, -0.2) is 8.42 Å². The quantitative estimate of drug-likeness (QED) is 0.702. The van der Waals surface area contributed by atoms with E-state index in [1.807, 2.05) is 0 Å². The minimum atomic E-state index is -3.33. The molecule has 0 radical (unpaired) electrons. The number of amides is 1. The van der Waals surface area contributed by atoms with Crippen LogP contribution in [0, 0.1) is 0 Å². The lowest BCUT2D eigenvalue weighted by molar-refractivity contribution is -0.130. The standard InChI is InChI=1S/C15H26N2O3S/c1-21(19,20)17(12-9-14-7-3-2-4-8-14)13-15(18)16-10-5-6-11-16/h7H,2-6,8-13H2,1H3. The van der Waals surface area contributed by atoms with Gasteiger partial charge in [0, 0.05) is 19.6 Å². The summed E-state index contributed by atoms with van der Waals surface area (Å²) < 4.78 is 25.1. The summed E-state index contributed by atoms with van der Waals surface area (Å²) in [6.45, 7) is 1.94. The van der Waals surface area contributed by atoms with Crippen molar-refractivity contribution in [1.29, 1.82) is 0 Å². The maximum atomic E-state index is 12.2. The van der Waals surface area contributed by atoms with Gasteiger partial charge >= 0.3 is 0 Å². The van der Waals surface area contributed by atoms with Crippen molar-refractivity contribution in [3.63, 3.8) is 0 Å². The summed E-state index contributed by atoms with van der Waals surface area (Å²) in [6, 6.07) is 0. The van der Waals surface area contributed by atoms with Gasteiger partial charge < -0.3 is 4.90 Å². The molecule has 1 saturated heterocycles. The van der Waals surface area contributed by atoms with Crippen LogP contribution in [-0.2, 0) is 14.8 Å². The second-order valence-corrected chi connectivity index (χ2v) is 8.03. The van der Waals surface area contributed by atoms with Crippen molar-refractivity contribution in [1.82, 2.24) is 9.21 Å². The lowest BCUT2D eigenvalue weighted by Crippen LogP contribution is -2.42. The van der Waals surface area contributed by atoms with E-state index in [2.05, 4.69) is 6.08 Å². The Morgan fingerprint density at radius 2 is 1.95 bits per heavy atom. The summed E-state index contributed by atoms with van der Waals surface area (Å²) in [4.78, 5) is 13.9. The molecule has 6 heteroatoms. The van der Waals surface area contributed by atoms with Crippen molar-refractivity contribution in [2.24, 2.45) is 0 Å². The Kier molecular flexibility index (Phi) is 5.81. The number of nitrogens with zero attached hydrogens (tertiary/aromatic N) is 2. The predicted molar refractivity (Wildman–Crippen MR) is 83.4 cm³/mol. The Balaban J connectivity index is 1.91. The van der Waals surface area contributed by atoms with Gasteiger partial charge in [0.05, 0.1) is 12.8 Å². The Labute approximate surface area is 128 Å². The van der Waals surface area contributed by atoms with Gasteiger partial charge in [0.15, 0.2) is 0 Å². The molecular formula is C15H26N2O3S. The first-order chi connectivity index (χ1) is 9.97. The van der Waals surface area contributed by atoms with Gasteiger partial charge in [-0.15, -0.1) is 0 Å². The molecule has 1 fully saturated rings. The molecule has 21 heavy (non-hydrogen) atoms. The van der Waals surface area contributed by atoms with E-state index in [9.17, 15) is 13.2 Å². The highest BCUT2D eigenvalue weighted by atomic mass is 32.2. The molecule has 0 aromatic rings. The molecule has 1 amide bonds. The van der Waals surface area contributed by atoms with Crippen molar-refractivity contribution in [2.45, 2.75) is 44.9 Å². The largest absolute Gasteiger partial charge is 0.342 e. The van der Waals surface area contributed by atoms with E-state index in [4.69, 9.17) is 0 Å². The van der Waals surface area contributed by atoms with Gasteiger partial charge in [-0.3, -0.25) is 4.79 Å². The van der Waals surface area contributed by atoms with Crippen LogP contribution in [0.4, 0.5) is 0 Å². The fourth-order valence-electron chi connectivity index (χ4n) is 2.98. The second kappa shape index (κ2) is 7.40. The van der Waals surface area contributed by atoms with Crippen LogP contribution < -0.4 is 0 Å². The minimum Gasteiger partial charge on any atom is -0.342 e. The summed E-state index contributed by atoms with van der Waals surface area (Å²) in [5.41, 5.74) is 1.34. The van der Waals surface area contributed by atoms with E-state index in [-0.39, 0.29) is 12.5 Å². The number of allylic oxidation sites excluding steroid dienone is 1. The molecular weight excluding hydrogens is 288 g/mol. The molecule has 0 saturated carbocycles. The summed E-state index contributed by atoms with van der Waals surface area (Å²) in [5.74, 6) is -0.0597. The third-order valence-corrected chi connectivity index (χ3v) is 5.56. The molecule has 5 nitrogen and oxygen atoms in total. The zero-order valence-corrected chi connectivity index (χ0v) is 13.7. The third kappa shape index (κ3) is 5.11. The molecule has 0 spiro atoms. The van der Waals surface area contributed by atoms with Gasteiger partial charge in [0.1, 0.15) is 0 Å². The molecule has 0 unspecified atom stereocenters. The molecule has 2 aliphatic rings. The number of carbonyl (C=O) groups is 1. The van der Waals surface area contributed by atoms with E-state index in [1.54, 1.807) is 4.90 Å². The molecule has 0 aromatic carbocycles. The van der Waals surface area contributed by atoms with Crippen molar-refractivity contribution in [3.8, 4) is 0 Å². The van der Waals surface area contributed by atoms with E-state index < -0.39 is 10.0 Å². The highest BCUT2D eigenvalue weighted by Gasteiger charge is 2.25. The number of hydrogen-bond donors (Lipinski definition) is 0. The van der Waals surface area contributed by atoms with Crippen molar-refractivity contribution < 1.29 is 13.2 Å². The fourth-order valence-corrected chi connectivity index (χ4v) is 3.75. The molecule has 0 atom stereocenters. The SMILES string of the molecule is CS(=O)(=O)N(CCC1=CCCCC1)CC(=O)N1CCCC1. The highest BCUT2D eigenvalue weighted by molar-refractivity contribution is 7.88. The maximum absolute atomic E-state index is 12.2. The Bertz CT molecular complexity index is 493. The van der Waals surface area contributed by atoms with Crippen LogP contribution in [-0.4, -0.2) is 56.0 Å². The smallest absolute Gasteiger partial charge is 0.237 e. The predicted octanol–water partition coefficient (Wildman–Crippen LogP) is 1.76. The zero-order valence-electron chi connectivity index (χ0n) is 12.9. The van der Waals surface area contributed by atoms with Gasteiger partial charge in [-0.1, -0.05) is 11.6 Å². The van der Waals surface area contributed by atoms with Crippen molar-refractivity contribution >= 4 is 15.9 Å². The molecule has 0 aromatic heterocycles. The topological polar surface area (TPSA) is 57.7 Å². The second-order valence-electron chi connectivity index (χ2n) is 6.04. The number of hydrogen-bond acceptors (Lipinski definition) is 3. The van der Waals surface area contributed by atoms with E-state index in [0.717, 1.165) is 45.2 Å². The van der Waals surface area contributed by atoms with E-state index in [0.29, 0.717) is 6.54 Å². The number of likely N-dealkylation sites (tertiary alicyclic amines) is 1. The van der Waals surface area contributed by atoms with Crippen LogP contribution >= 0.6 is 0 Å². The maximum Gasteiger partial charge on any atom is 0.237 e. The number of carbonyl (C=O) groups excluding carboxylic acids is 1. The summed E-state index contributed by atoms with van der Waals surface area (Å²) in [7, 11) is -3.33. The van der Waals surface area contributed by atoms with Crippen LogP contribution in [0.5, 0.6) is 0 Å². The average molecular weight is 314 g/mol. The summed E-state index contributed by atoms with van der Waals surface area (Å²) >= 11 is 0. The zero-order chi connectivity index (χ0) is 15.3. The molecule has 1 aliphatic heterocycles. The summed E-state index contributed by atoms with van der Waals surface area (Å²) in [5, 5.41) is 0. The monoisotopic (exact) mass is 314 g/mol. The first-order valence-corrected chi connectivity index (χ1v) is 9.72. The van der Waals surface area contributed by atoms with Crippen molar-refractivity contribution in [2.75, 3.05) is 32.4 Å². The van der Waals surface area contributed by atoms with Crippen LogP contribution in [0.1, 0.15) is 44.9 Å². The van der Waals surface area contributed by atoms with E-state index in [1.165, 1.54) is 29.0 Å². The number of sulfonamides is 1. The van der Waals surface area contributed by atoms with Crippen LogP contribution in [0.2, 0.25) is 0 Å². The van der Waals surface area contributed by atoms with E-state index >= 15 is 0 Å². The average Bonchev–Trinajstić information content (AvgIpc) is 2.97. The molecule has 0 N–H and O–H groups in total. The Morgan fingerprint density at radius 3 is 2.52 bits per heavy atom. The van der Waals surface area contributed by atoms with Crippen LogP contribution in [0.3, 0.4) is 0 Å². The molecule has 0 bridgehead atoms. The van der Waals surface area contributed by atoms with Gasteiger partial charge in [-0.2, -0.15) is 4.31 Å². The fraction of sp³-hybridized carbons (Fsp3) is 0.800. The van der Waals surface area contributed by atoms with Crippen LogP contribution in [0.25, 0.3) is 0 Å². The number of rotatable bonds is 6. The third-order valence-electron chi connectivity index (χ3n) is 4.31. The first-order valence-electron chi connectivity index (χ1n) is 7.87. The lowest BCUT2D eigenvalue weighted by atomic mass is 9.97. The van der Waals surface area contributed by atoms with Gasteiger partial charge in [0.25, 0.3) is 0 Å². The molecule has 2 rings (SSSR count). The van der Waals surface area contributed by atoms with Crippen LogP contribution in [0.15, 0.2) is 11.6 Å². The first kappa shape index (κ1) is 16.5.